The molecule has 112 valence electrons. The van der Waals surface area contributed by atoms with E-state index in [0.717, 1.165) is 35.1 Å². The van der Waals surface area contributed by atoms with Gasteiger partial charge in [-0.3, -0.25) is 4.90 Å². The van der Waals surface area contributed by atoms with Gasteiger partial charge in [-0.1, -0.05) is 12.8 Å². The predicted octanol–water partition coefficient (Wildman–Crippen LogP) is 2.89. The Morgan fingerprint density at radius 1 is 0.850 bits per heavy atom. The second-order valence-corrected chi connectivity index (χ2v) is 8.61. The van der Waals surface area contributed by atoms with E-state index in [9.17, 15) is 0 Å². The molecule has 2 heteroatoms. The lowest BCUT2D eigenvalue weighted by Crippen LogP contribution is -2.63. The van der Waals surface area contributed by atoms with Crippen LogP contribution in [0.5, 0.6) is 0 Å². The van der Waals surface area contributed by atoms with Crippen molar-refractivity contribution in [3.63, 3.8) is 0 Å². The summed E-state index contributed by atoms with van der Waals surface area (Å²) in [6.45, 7) is 5.49. The van der Waals surface area contributed by atoms with Gasteiger partial charge in [0.25, 0.3) is 0 Å². The molecule has 0 radical (unpaired) electrons. The lowest BCUT2D eigenvalue weighted by molar-refractivity contribution is -0.0659. The zero-order chi connectivity index (χ0) is 13.2. The maximum Gasteiger partial charge on any atom is 0.0152 e. The number of rotatable bonds is 3. The van der Waals surface area contributed by atoms with Crippen LogP contribution in [0.15, 0.2) is 0 Å². The molecule has 1 spiro atoms. The van der Waals surface area contributed by atoms with Crippen molar-refractivity contribution in [3.05, 3.63) is 0 Å². The molecule has 2 atom stereocenters. The Labute approximate surface area is 123 Å². The molecule has 5 rings (SSSR count). The van der Waals surface area contributed by atoms with E-state index in [1.807, 2.05) is 0 Å². The monoisotopic (exact) mass is 274 g/mol. The highest BCUT2D eigenvalue weighted by atomic mass is 15.2. The zero-order valence-corrected chi connectivity index (χ0v) is 12.8. The number of piperidine rings is 2. The Kier molecular flexibility index (Phi) is 2.78. The van der Waals surface area contributed by atoms with Crippen LogP contribution in [0.1, 0.15) is 51.4 Å². The third-order valence-electron chi connectivity index (χ3n) is 7.48. The summed E-state index contributed by atoms with van der Waals surface area (Å²) in [6.07, 6.45) is 12.3. The zero-order valence-electron chi connectivity index (χ0n) is 12.8. The SMILES string of the molecule is C1CCC2(C1)C1CNCC2CN(C(C2CC2)C2CC2)C1. The largest absolute Gasteiger partial charge is 0.316 e. The first-order valence-electron chi connectivity index (χ1n) is 9.31. The Bertz CT molecular complexity index is 351. The molecule has 2 heterocycles. The molecule has 0 aromatic carbocycles. The van der Waals surface area contributed by atoms with E-state index in [2.05, 4.69) is 10.2 Å². The number of likely N-dealkylation sites (tertiary alicyclic amines) is 1. The molecular formula is C18H30N2. The van der Waals surface area contributed by atoms with E-state index in [1.54, 1.807) is 12.8 Å². The molecule has 5 fully saturated rings. The average Bonchev–Trinajstić information content (AvgIpc) is 3.35. The third-order valence-corrected chi connectivity index (χ3v) is 7.48. The standard InChI is InChI=1S/C18H30N2/c1-2-8-18(7-1)15-9-19-10-16(18)12-20(11-15)17(13-3-4-13)14-5-6-14/h13-17,19H,1-12H2. The van der Waals surface area contributed by atoms with Crippen LogP contribution < -0.4 is 5.32 Å². The van der Waals surface area contributed by atoms with Crippen LogP contribution in [0.2, 0.25) is 0 Å². The Balaban J connectivity index is 1.39. The van der Waals surface area contributed by atoms with Crippen molar-refractivity contribution in [2.75, 3.05) is 26.2 Å². The first-order chi connectivity index (χ1) is 9.87. The first-order valence-corrected chi connectivity index (χ1v) is 9.31. The normalized spacial score (nSPS) is 40.6. The Hall–Kier alpha value is -0.0800. The molecule has 2 aliphatic heterocycles. The number of nitrogens with zero attached hydrogens (tertiary/aromatic N) is 1. The van der Waals surface area contributed by atoms with Crippen LogP contribution in [0.25, 0.3) is 0 Å². The fourth-order valence-electron chi connectivity index (χ4n) is 6.25. The van der Waals surface area contributed by atoms with E-state index in [1.165, 1.54) is 64.7 Å². The molecule has 3 aliphatic carbocycles. The molecule has 2 saturated heterocycles. The van der Waals surface area contributed by atoms with Gasteiger partial charge in [-0.25, -0.2) is 0 Å². The van der Waals surface area contributed by atoms with Gasteiger partial charge in [0.15, 0.2) is 0 Å². The maximum absolute atomic E-state index is 3.76. The van der Waals surface area contributed by atoms with Crippen molar-refractivity contribution in [2.24, 2.45) is 29.1 Å². The molecule has 1 N–H and O–H groups in total. The van der Waals surface area contributed by atoms with Gasteiger partial charge in [0.05, 0.1) is 0 Å². The summed E-state index contributed by atoms with van der Waals surface area (Å²) in [5.41, 5.74) is 0.763. The molecule has 0 aromatic rings. The second kappa shape index (κ2) is 4.46. The van der Waals surface area contributed by atoms with Crippen molar-refractivity contribution >= 4 is 0 Å². The molecule has 2 nitrogen and oxygen atoms in total. The first kappa shape index (κ1) is 12.5. The van der Waals surface area contributed by atoms with E-state index in [4.69, 9.17) is 0 Å². The smallest absolute Gasteiger partial charge is 0.0152 e. The minimum Gasteiger partial charge on any atom is -0.316 e. The quantitative estimate of drug-likeness (QED) is 0.851. The van der Waals surface area contributed by atoms with Crippen LogP contribution >= 0.6 is 0 Å². The van der Waals surface area contributed by atoms with Gasteiger partial charge in [-0.2, -0.15) is 0 Å². The summed E-state index contributed by atoms with van der Waals surface area (Å²) < 4.78 is 0. The fraction of sp³-hybridized carbons (Fsp3) is 1.00. The Morgan fingerprint density at radius 3 is 1.90 bits per heavy atom. The van der Waals surface area contributed by atoms with Crippen molar-refractivity contribution in [3.8, 4) is 0 Å². The fourth-order valence-corrected chi connectivity index (χ4v) is 6.25. The van der Waals surface area contributed by atoms with Gasteiger partial charge in [0, 0.05) is 19.1 Å². The van der Waals surface area contributed by atoms with E-state index in [-0.39, 0.29) is 0 Å². The highest BCUT2D eigenvalue weighted by molar-refractivity contribution is 5.08. The van der Waals surface area contributed by atoms with Crippen LogP contribution in [0, 0.1) is 29.1 Å². The van der Waals surface area contributed by atoms with Crippen LogP contribution in [-0.2, 0) is 0 Å². The molecule has 20 heavy (non-hydrogen) atoms. The van der Waals surface area contributed by atoms with Crippen molar-refractivity contribution in [1.82, 2.24) is 10.2 Å². The lowest BCUT2D eigenvalue weighted by Gasteiger charge is -2.56. The predicted molar refractivity (Wildman–Crippen MR) is 81.6 cm³/mol. The summed E-state index contributed by atoms with van der Waals surface area (Å²) in [7, 11) is 0. The van der Waals surface area contributed by atoms with Crippen LogP contribution in [0.4, 0.5) is 0 Å². The van der Waals surface area contributed by atoms with Crippen molar-refractivity contribution in [1.29, 1.82) is 0 Å². The number of hydrogen-bond acceptors (Lipinski definition) is 2. The van der Waals surface area contributed by atoms with E-state index >= 15 is 0 Å². The van der Waals surface area contributed by atoms with Gasteiger partial charge < -0.3 is 5.32 Å². The van der Waals surface area contributed by atoms with Gasteiger partial charge in [0.2, 0.25) is 0 Å². The second-order valence-electron chi connectivity index (χ2n) is 8.61. The minimum atomic E-state index is 0.763. The van der Waals surface area contributed by atoms with Gasteiger partial charge in [-0.15, -0.1) is 0 Å². The third kappa shape index (κ3) is 1.83. The summed E-state index contributed by atoms with van der Waals surface area (Å²) in [5, 5.41) is 3.76. The molecule has 2 bridgehead atoms. The Morgan fingerprint density at radius 2 is 1.40 bits per heavy atom. The number of hydrogen-bond donors (Lipinski definition) is 1. The summed E-state index contributed by atoms with van der Waals surface area (Å²) in [5.74, 6) is 4.12. The maximum atomic E-state index is 3.76. The average molecular weight is 274 g/mol. The molecule has 0 aromatic heterocycles. The topological polar surface area (TPSA) is 15.3 Å². The van der Waals surface area contributed by atoms with Crippen LogP contribution in [0.3, 0.4) is 0 Å². The van der Waals surface area contributed by atoms with Crippen LogP contribution in [-0.4, -0.2) is 37.1 Å². The van der Waals surface area contributed by atoms with E-state index in [0.29, 0.717) is 0 Å². The van der Waals surface area contributed by atoms with Gasteiger partial charge >= 0.3 is 0 Å². The number of nitrogens with one attached hydrogen (secondary N) is 1. The molecule has 0 amide bonds. The molecule has 5 aliphatic rings. The van der Waals surface area contributed by atoms with Crippen molar-refractivity contribution < 1.29 is 0 Å². The highest BCUT2D eigenvalue weighted by Crippen LogP contribution is 2.56. The van der Waals surface area contributed by atoms with Crippen molar-refractivity contribution in [2.45, 2.75) is 57.4 Å². The highest BCUT2D eigenvalue weighted by Gasteiger charge is 2.55. The van der Waals surface area contributed by atoms with Gasteiger partial charge in [-0.05, 0) is 80.7 Å². The van der Waals surface area contributed by atoms with E-state index < -0.39 is 0 Å². The summed E-state index contributed by atoms with van der Waals surface area (Å²) >= 11 is 0. The molecule has 3 saturated carbocycles. The van der Waals surface area contributed by atoms with Gasteiger partial charge in [0.1, 0.15) is 0 Å². The molecular weight excluding hydrogens is 244 g/mol. The lowest BCUT2D eigenvalue weighted by atomic mass is 9.60. The molecule has 2 unspecified atom stereocenters. The minimum absolute atomic E-state index is 0.763. The summed E-state index contributed by atoms with van der Waals surface area (Å²) in [4.78, 5) is 3.00. The summed E-state index contributed by atoms with van der Waals surface area (Å²) in [6, 6.07) is 0.997.